The quantitative estimate of drug-likeness (QED) is 0.821. The Morgan fingerprint density at radius 1 is 1.05 bits per heavy atom. The molecule has 2 rings (SSSR count). The summed E-state index contributed by atoms with van der Waals surface area (Å²) in [6.07, 6.45) is 5.32. The number of nitrogens with zero attached hydrogens (tertiary/aromatic N) is 1. The molecule has 3 heteroatoms. The van der Waals surface area contributed by atoms with E-state index in [2.05, 4.69) is 31.1 Å². The van der Waals surface area contributed by atoms with E-state index < -0.39 is 0 Å². The maximum absolute atomic E-state index is 5.45. The number of hydrogen-bond donors (Lipinski definition) is 0. The summed E-state index contributed by atoms with van der Waals surface area (Å²) in [5.41, 5.74) is 1.40. The summed E-state index contributed by atoms with van der Waals surface area (Å²) in [7, 11) is 7.73. The predicted octanol–water partition coefficient (Wildman–Crippen LogP) is 3.54. The minimum atomic E-state index is 0.644. The topological polar surface area (TPSA) is 21.7 Å². The third-order valence-electron chi connectivity index (χ3n) is 4.34. The molecule has 112 valence electrons. The Bertz CT molecular complexity index is 431. The van der Waals surface area contributed by atoms with Gasteiger partial charge in [-0.15, -0.1) is 0 Å². The normalized spacial score (nSPS) is 22.9. The van der Waals surface area contributed by atoms with Crippen molar-refractivity contribution in [1.82, 2.24) is 4.90 Å². The van der Waals surface area contributed by atoms with Crippen LogP contribution in [0.3, 0.4) is 0 Å². The van der Waals surface area contributed by atoms with E-state index in [-0.39, 0.29) is 0 Å². The maximum atomic E-state index is 5.45. The zero-order valence-electron chi connectivity index (χ0n) is 13.2. The average Bonchev–Trinajstić information content (AvgIpc) is 2.46. The van der Waals surface area contributed by atoms with Crippen molar-refractivity contribution in [1.29, 1.82) is 0 Å². The van der Waals surface area contributed by atoms with Gasteiger partial charge in [-0.1, -0.05) is 18.9 Å². The van der Waals surface area contributed by atoms with Crippen molar-refractivity contribution in [3.05, 3.63) is 23.8 Å². The van der Waals surface area contributed by atoms with Gasteiger partial charge in [0, 0.05) is 6.54 Å². The lowest BCUT2D eigenvalue weighted by atomic mass is 9.75. The van der Waals surface area contributed by atoms with Crippen molar-refractivity contribution in [3.8, 4) is 11.5 Å². The SMILES string of the molecule is COc1ccc(C2CCCCC2CN(C)C)cc1OC. The van der Waals surface area contributed by atoms with E-state index >= 15 is 0 Å². The van der Waals surface area contributed by atoms with Gasteiger partial charge >= 0.3 is 0 Å². The lowest BCUT2D eigenvalue weighted by molar-refractivity contribution is 0.233. The van der Waals surface area contributed by atoms with E-state index in [9.17, 15) is 0 Å². The number of rotatable bonds is 5. The first-order chi connectivity index (χ1) is 9.65. The van der Waals surface area contributed by atoms with Gasteiger partial charge in [0.25, 0.3) is 0 Å². The van der Waals surface area contributed by atoms with Gasteiger partial charge in [-0.2, -0.15) is 0 Å². The smallest absolute Gasteiger partial charge is 0.160 e. The molecular weight excluding hydrogens is 250 g/mol. The predicted molar refractivity (Wildman–Crippen MR) is 82.8 cm³/mol. The second-order valence-electron chi connectivity index (χ2n) is 6.03. The van der Waals surface area contributed by atoms with Crippen molar-refractivity contribution in [2.24, 2.45) is 5.92 Å². The van der Waals surface area contributed by atoms with Crippen LogP contribution in [0.25, 0.3) is 0 Å². The molecule has 1 aromatic rings. The van der Waals surface area contributed by atoms with Gasteiger partial charge in [0.2, 0.25) is 0 Å². The molecule has 1 saturated carbocycles. The van der Waals surface area contributed by atoms with Gasteiger partial charge in [0.05, 0.1) is 14.2 Å². The van der Waals surface area contributed by atoms with Gasteiger partial charge in [-0.25, -0.2) is 0 Å². The third kappa shape index (κ3) is 3.45. The van der Waals surface area contributed by atoms with Crippen LogP contribution in [0.2, 0.25) is 0 Å². The van der Waals surface area contributed by atoms with Gasteiger partial charge in [-0.05, 0) is 56.5 Å². The molecule has 1 aromatic carbocycles. The molecule has 0 heterocycles. The van der Waals surface area contributed by atoms with Crippen LogP contribution in [0.15, 0.2) is 18.2 Å². The lowest BCUT2D eigenvalue weighted by Crippen LogP contribution is -2.28. The second-order valence-corrected chi connectivity index (χ2v) is 6.03. The highest BCUT2D eigenvalue weighted by atomic mass is 16.5. The molecule has 0 amide bonds. The van der Waals surface area contributed by atoms with Crippen LogP contribution in [0.1, 0.15) is 37.2 Å². The largest absolute Gasteiger partial charge is 0.493 e. The highest BCUT2D eigenvalue weighted by molar-refractivity contribution is 5.44. The molecule has 1 aliphatic carbocycles. The molecule has 0 radical (unpaired) electrons. The Labute approximate surface area is 122 Å². The first-order valence-electron chi connectivity index (χ1n) is 7.52. The molecule has 1 aliphatic rings. The molecule has 2 atom stereocenters. The standard InChI is InChI=1S/C17H27NO2/c1-18(2)12-14-7-5-6-8-15(14)13-9-10-16(19-3)17(11-13)20-4/h9-11,14-15H,5-8,12H2,1-4H3. The van der Waals surface area contributed by atoms with Crippen LogP contribution < -0.4 is 9.47 Å². The minimum Gasteiger partial charge on any atom is -0.493 e. The van der Waals surface area contributed by atoms with Crippen molar-refractivity contribution >= 4 is 0 Å². The van der Waals surface area contributed by atoms with Crippen LogP contribution >= 0.6 is 0 Å². The molecule has 1 fully saturated rings. The summed E-state index contributed by atoms with van der Waals surface area (Å²) in [6.45, 7) is 1.17. The zero-order valence-corrected chi connectivity index (χ0v) is 13.2. The Kier molecular flexibility index (Phi) is 5.30. The Balaban J connectivity index is 2.23. The van der Waals surface area contributed by atoms with E-state index in [1.54, 1.807) is 14.2 Å². The fourth-order valence-corrected chi connectivity index (χ4v) is 3.42. The number of hydrogen-bond acceptors (Lipinski definition) is 3. The minimum absolute atomic E-state index is 0.644. The van der Waals surface area contributed by atoms with Gasteiger partial charge in [0.1, 0.15) is 0 Å². The second kappa shape index (κ2) is 6.98. The molecule has 0 spiro atoms. The van der Waals surface area contributed by atoms with E-state index in [1.807, 2.05) is 6.07 Å². The molecular formula is C17H27NO2. The fraction of sp³-hybridized carbons (Fsp3) is 0.647. The molecule has 20 heavy (non-hydrogen) atoms. The highest BCUT2D eigenvalue weighted by Gasteiger charge is 2.27. The summed E-state index contributed by atoms with van der Waals surface area (Å²) in [6, 6.07) is 6.41. The average molecular weight is 277 g/mol. The molecule has 0 aromatic heterocycles. The molecule has 0 N–H and O–H groups in total. The van der Waals surface area contributed by atoms with E-state index in [4.69, 9.17) is 9.47 Å². The highest BCUT2D eigenvalue weighted by Crippen LogP contribution is 2.40. The molecule has 2 unspecified atom stereocenters. The lowest BCUT2D eigenvalue weighted by Gasteiger charge is -2.34. The first-order valence-corrected chi connectivity index (χ1v) is 7.52. The number of benzene rings is 1. The van der Waals surface area contributed by atoms with Crippen LogP contribution in [-0.4, -0.2) is 39.8 Å². The third-order valence-corrected chi connectivity index (χ3v) is 4.34. The van der Waals surface area contributed by atoms with Gasteiger partial charge in [-0.3, -0.25) is 0 Å². The van der Waals surface area contributed by atoms with Crippen LogP contribution in [-0.2, 0) is 0 Å². The molecule has 0 aliphatic heterocycles. The molecule has 3 nitrogen and oxygen atoms in total. The van der Waals surface area contributed by atoms with E-state index in [1.165, 1.54) is 37.8 Å². The molecule has 0 bridgehead atoms. The van der Waals surface area contributed by atoms with Crippen LogP contribution in [0.5, 0.6) is 11.5 Å². The van der Waals surface area contributed by atoms with E-state index in [0.29, 0.717) is 5.92 Å². The van der Waals surface area contributed by atoms with Gasteiger partial charge < -0.3 is 14.4 Å². The summed E-state index contributed by atoms with van der Waals surface area (Å²) in [4.78, 5) is 2.31. The maximum Gasteiger partial charge on any atom is 0.160 e. The van der Waals surface area contributed by atoms with E-state index in [0.717, 1.165) is 17.4 Å². The number of methoxy groups -OCH3 is 2. The van der Waals surface area contributed by atoms with Gasteiger partial charge in [0.15, 0.2) is 11.5 Å². The zero-order chi connectivity index (χ0) is 14.5. The summed E-state index contributed by atoms with van der Waals surface area (Å²) >= 11 is 0. The van der Waals surface area contributed by atoms with Crippen molar-refractivity contribution in [2.75, 3.05) is 34.9 Å². The fourth-order valence-electron chi connectivity index (χ4n) is 3.42. The van der Waals surface area contributed by atoms with Crippen molar-refractivity contribution in [2.45, 2.75) is 31.6 Å². The monoisotopic (exact) mass is 277 g/mol. The molecule has 0 saturated heterocycles. The van der Waals surface area contributed by atoms with Crippen molar-refractivity contribution in [3.63, 3.8) is 0 Å². The Morgan fingerprint density at radius 3 is 2.40 bits per heavy atom. The van der Waals surface area contributed by atoms with Crippen molar-refractivity contribution < 1.29 is 9.47 Å². The van der Waals surface area contributed by atoms with Crippen LogP contribution in [0.4, 0.5) is 0 Å². The Hall–Kier alpha value is -1.22. The summed E-state index contributed by atoms with van der Waals surface area (Å²) in [5.74, 6) is 3.05. The first kappa shape index (κ1) is 15.2. The summed E-state index contributed by atoms with van der Waals surface area (Å²) in [5, 5.41) is 0. The number of ether oxygens (including phenoxy) is 2. The summed E-state index contributed by atoms with van der Waals surface area (Å²) < 4.78 is 10.8. The Morgan fingerprint density at radius 2 is 1.75 bits per heavy atom. The van der Waals surface area contributed by atoms with Crippen LogP contribution in [0, 0.1) is 5.92 Å².